The van der Waals surface area contributed by atoms with Gasteiger partial charge in [-0.25, -0.2) is 4.79 Å². The van der Waals surface area contributed by atoms with E-state index in [-0.39, 0.29) is 12.2 Å². The van der Waals surface area contributed by atoms with E-state index in [9.17, 15) is 9.59 Å². The highest BCUT2D eigenvalue weighted by Gasteiger charge is 2.17. The van der Waals surface area contributed by atoms with Crippen molar-refractivity contribution in [3.05, 3.63) is 64.3 Å². The van der Waals surface area contributed by atoms with Crippen molar-refractivity contribution in [1.29, 1.82) is 0 Å². The van der Waals surface area contributed by atoms with Crippen LogP contribution in [-0.4, -0.2) is 31.7 Å². The minimum atomic E-state index is -0.660. The fourth-order valence-electron chi connectivity index (χ4n) is 2.20. The summed E-state index contributed by atoms with van der Waals surface area (Å²) < 4.78 is 7.74. The summed E-state index contributed by atoms with van der Waals surface area (Å²) in [7, 11) is 0. The van der Waals surface area contributed by atoms with Crippen LogP contribution in [0.2, 0.25) is 0 Å². The number of hydrogen-bond acceptors (Lipinski definition) is 5. The number of esters is 1. The van der Waals surface area contributed by atoms with Gasteiger partial charge in [-0.1, -0.05) is 30.3 Å². The Morgan fingerprint density at radius 3 is 2.77 bits per heavy atom. The van der Waals surface area contributed by atoms with E-state index >= 15 is 0 Å². The molecule has 0 saturated carbocycles. The SMILES string of the molecule is CCOC(=O)c1cn(Cc2ccccc2)c2ncnn2c1=O. The minimum absolute atomic E-state index is 0.0595. The summed E-state index contributed by atoms with van der Waals surface area (Å²) in [5.41, 5.74) is 0.428. The molecule has 0 aliphatic carbocycles. The Morgan fingerprint density at radius 2 is 2.05 bits per heavy atom. The zero-order chi connectivity index (χ0) is 15.5. The molecule has 0 saturated heterocycles. The molecule has 0 N–H and O–H groups in total. The average Bonchev–Trinajstić information content (AvgIpc) is 3.01. The van der Waals surface area contributed by atoms with Gasteiger partial charge in [0.25, 0.3) is 5.56 Å². The van der Waals surface area contributed by atoms with Crippen molar-refractivity contribution in [2.75, 3.05) is 6.61 Å². The summed E-state index contributed by atoms with van der Waals surface area (Å²) in [5, 5.41) is 3.89. The van der Waals surface area contributed by atoms with Crippen LogP contribution in [0.25, 0.3) is 5.78 Å². The Bertz CT molecular complexity index is 867. The lowest BCUT2D eigenvalue weighted by atomic mass is 10.2. The van der Waals surface area contributed by atoms with E-state index in [4.69, 9.17) is 4.74 Å². The molecule has 2 heterocycles. The lowest BCUT2D eigenvalue weighted by Gasteiger charge is -2.10. The Morgan fingerprint density at radius 1 is 1.27 bits per heavy atom. The number of aromatic nitrogens is 4. The maximum Gasteiger partial charge on any atom is 0.345 e. The molecule has 0 fully saturated rings. The second-order valence-electron chi connectivity index (χ2n) is 4.65. The summed E-state index contributed by atoms with van der Waals surface area (Å²) in [4.78, 5) is 28.3. The molecule has 0 spiro atoms. The number of ether oxygens (including phenoxy) is 1. The van der Waals surface area contributed by atoms with E-state index in [2.05, 4.69) is 10.1 Å². The highest BCUT2D eigenvalue weighted by Crippen LogP contribution is 2.07. The molecule has 7 heteroatoms. The van der Waals surface area contributed by atoms with Gasteiger partial charge in [-0.05, 0) is 12.5 Å². The number of hydrogen-bond donors (Lipinski definition) is 0. The van der Waals surface area contributed by atoms with Crippen LogP contribution in [0.15, 0.2) is 47.7 Å². The molecule has 1 aromatic carbocycles. The summed E-state index contributed by atoms with van der Waals surface area (Å²) in [6, 6.07) is 9.67. The van der Waals surface area contributed by atoms with E-state index < -0.39 is 11.5 Å². The van der Waals surface area contributed by atoms with Gasteiger partial charge in [0.2, 0.25) is 5.78 Å². The largest absolute Gasteiger partial charge is 0.462 e. The lowest BCUT2D eigenvalue weighted by molar-refractivity contribution is 0.0523. The fourth-order valence-corrected chi connectivity index (χ4v) is 2.20. The third-order valence-electron chi connectivity index (χ3n) is 3.19. The van der Waals surface area contributed by atoms with E-state index in [0.29, 0.717) is 12.3 Å². The first-order valence-corrected chi connectivity index (χ1v) is 6.85. The van der Waals surface area contributed by atoms with Gasteiger partial charge in [0, 0.05) is 6.20 Å². The molecular formula is C15H14N4O3. The van der Waals surface area contributed by atoms with Gasteiger partial charge in [-0.15, -0.1) is 0 Å². The first-order chi connectivity index (χ1) is 10.7. The molecule has 22 heavy (non-hydrogen) atoms. The van der Waals surface area contributed by atoms with Crippen LogP contribution in [0, 0.1) is 0 Å². The summed E-state index contributed by atoms with van der Waals surface area (Å²) in [6.45, 7) is 2.36. The van der Waals surface area contributed by atoms with Gasteiger partial charge in [-0.3, -0.25) is 4.79 Å². The van der Waals surface area contributed by atoms with Crippen molar-refractivity contribution >= 4 is 11.7 Å². The Hall–Kier alpha value is -2.96. The van der Waals surface area contributed by atoms with Crippen molar-refractivity contribution in [2.45, 2.75) is 13.5 Å². The minimum Gasteiger partial charge on any atom is -0.462 e. The number of fused-ring (bicyclic) bond motifs is 1. The molecular weight excluding hydrogens is 284 g/mol. The van der Waals surface area contributed by atoms with Gasteiger partial charge < -0.3 is 9.30 Å². The predicted octanol–water partition coefficient (Wildman–Crippen LogP) is 1.12. The zero-order valence-electron chi connectivity index (χ0n) is 12.0. The molecule has 7 nitrogen and oxygen atoms in total. The predicted molar refractivity (Wildman–Crippen MR) is 78.7 cm³/mol. The Balaban J connectivity index is 2.13. The van der Waals surface area contributed by atoms with E-state index in [0.717, 1.165) is 10.1 Å². The highest BCUT2D eigenvalue weighted by atomic mass is 16.5. The normalized spacial score (nSPS) is 10.8. The van der Waals surface area contributed by atoms with Crippen molar-refractivity contribution in [3.8, 4) is 0 Å². The molecule has 3 rings (SSSR count). The number of carbonyl (C=O) groups excluding carboxylic acids is 1. The van der Waals surface area contributed by atoms with Crippen LogP contribution < -0.4 is 5.56 Å². The molecule has 3 aromatic rings. The summed E-state index contributed by atoms with van der Waals surface area (Å²) in [5.74, 6) is -0.284. The van der Waals surface area contributed by atoms with Crippen LogP contribution >= 0.6 is 0 Å². The van der Waals surface area contributed by atoms with Gasteiger partial charge in [0.15, 0.2) is 0 Å². The second kappa shape index (κ2) is 5.80. The molecule has 0 aliphatic heterocycles. The Kier molecular flexibility index (Phi) is 3.69. The van der Waals surface area contributed by atoms with Gasteiger partial charge >= 0.3 is 5.97 Å². The third-order valence-corrected chi connectivity index (χ3v) is 3.19. The van der Waals surface area contributed by atoms with Crippen molar-refractivity contribution in [1.82, 2.24) is 19.2 Å². The van der Waals surface area contributed by atoms with E-state index in [1.54, 1.807) is 11.5 Å². The first-order valence-electron chi connectivity index (χ1n) is 6.85. The van der Waals surface area contributed by atoms with Crippen LogP contribution in [0.1, 0.15) is 22.8 Å². The monoisotopic (exact) mass is 298 g/mol. The Labute approximate surface area is 125 Å². The van der Waals surface area contributed by atoms with E-state index in [1.807, 2.05) is 30.3 Å². The summed E-state index contributed by atoms with van der Waals surface area (Å²) >= 11 is 0. The number of rotatable bonds is 4. The fraction of sp³-hybridized carbons (Fsp3) is 0.200. The van der Waals surface area contributed by atoms with Gasteiger partial charge in [0.05, 0.1) is 13.2 Å². The zero-order valence-corrected chi connectivity index (χ0v) is 12.0. The molecule has 0 amide bonds. The van der Waals surface area contributed by atoms with Crippen molar-refractivity contribution < 1.29 is 9.53 Å². The molecule has 112 valence electrons. The standard InChI is InChI=1S/C15H14N4O3/c1-2-22-14(21)12-9-18(8-11-6-4-3-5-7-11)15-16-10-17-19(15)13(12)20/h3-7,9-10H,2,8H2,1H3. The van der Waals surface area contributed by atoms with Crippen molar-refractivity contribution in [3.63, 3.8) is 0 Å². The highest BCUT2D eigenvalue weighted by molar-refractivity contribution is 5.88. The average molecular weight is 298 g/mol. The number of nitrogens with zero attached hydrogens (tertiary/aromatic N) is 4. The molecule has 0 unspecified atom stereocenters. The number of carbonyl (C=O) groups is 1. The molecule has 0 radical (unpaired) electrons. The van der Waals surface area contributed by atoms with Crippen LogP contribution in [0.5, 0.6) is 0 Å². The first kappa shape index (κ1) is 14.0. The number of benzene rings is 1. The smallest absolute Gasteiger partial charge is 0.345 e. The molecule has 0 atom stereocenters. The quantitative estimate of drug-likeness (QED) is 0.674. The van der Waals surface area contributed by atoms with Crippen LogP contribution in [0.3, 0.4) is 0 Å². The molecule has 0 bridgehead atoms. The molecule has 0 aliphatic rings. The molecule has 2 aromatic heterocycles. The maximum atomic E-state index is 12.3. The summed E-state index contributed by atoms with van der Waals surface area (Å²) in [6.07, 6.45) is 2.75. The van der Waals surface area contributed by atoms with Crippen LogP contribution in [-0.2, 0) is 11.3 Å². The maximum absolute atomic E-state index is 12.3. The van der Waals surface area contributed by atoms with E-state index in [1.165, 1.54) is 12.5 Å². The lowest BCUT2D eigenvalue weighted by Crippen LogP contribution is -2.27. The van der Waals surface area contributed by atoms with Gasteiger partial charge in [-0.2, -0.15) is 14.6 Å². The van der Waals surface area contributed by atoms with Crippen molar-refractivity contribution in [2.24, 2.45) is 0 Å². The third kappa shape index (κ3) is 2.48. The topological polar surface area (TPSA) is 78.5 Å². The second-order valence-corrected chi connectivity index (χ2v) is 4.65. The van der Waals surface area contributed by atoms with Gasteiger partial charge in [0.1, 0.15) is 11.9 Å². The van der Waals surface area contributed by atoms with Crippen LogP contribution in [0.4, 0.5) is 0 Å².